The molecule has 1 aliphatic heterocycles. The van der Waals surface area contributed by atoms with Crippen molar-refractivity contribution in [2.24, 2.45) is 11.1 Å². The Morgan fingerprint density at radius 1 is 1.05 bits per heavy atom. The van der Waals surface area contributed by atoms with E-state index in [-0.39, 0.29) is 22.9 Å². The highest BCUT2D eigenvalue weighted by atomic mass is 16.2. The summed E-state index contributed by atoms with van der Waals surface area (Å²) < 4.78 is 0. The van der Waals surface area contributed by atoms with Crippen LogP contribution >= 0.6 is 0 Å². The number of hydrogen-bond acceptors (Lipinski definition) is 3. The molecule has 0 aromatic heterocycles. The van der Waals surface area contributed by atoms with Gasteiger partial charge < -0.3 is 10.6 Å². The van der Waals surface area contributed by atoms with Gasteiger partial charge in [-0.2, -0.15) is 0 Å². The first-order valence-electron chi connectivity index (χ1n) is 7.77. The van der Waals surface area contributed by atoms with Crippen molar-refractivity contribution in [2.45, 2.75) is 66.0 Å². The van der Waals surface area contributed by atoms with E-state index in [1.165, 1.54) is 0 Å². The summed E-state index contributed by atoms with van der Waals surface area (Å²) in [6, 6.07) is -0.0249. The van der Waals surface area contributed by atoms with Crippen molar-refractivity contribution in [1.29, 1.82) is 0 Å². The Labute approximate surface area is 124 Å². The predicted molar refractivity (Wildman–Crippen MR) is 84.6 cm³/mol. The largest absolute Gasteiger partial charge is 0.340 e. The Morgan fingerprint density at radius 3 is 1.95 bits per heavy atom. The van der Waals surface area contributed by atoms with Crippen LogP contribution in [0.1, 0.15) is 54.4 Å². The summed E-state index contributed by atoms with van der Waals surface area (Å²) in [5, 5.41) is 0. The van der Waals surface area contributed by atoms with Crippen LogP contribution in [0.5, 0.6) is 0 Å². The molecule has 1 unspecified atom stereocenters. The Balaban J connectivity index is 2.40. The molecular weight excluding hydrogens is 250 g/mol. The molecule has 1 fully saturated rings. The van der Waals surface area contributed by atoms with E-state index >= 15 is 0 Å². The van der Waals surface area contributed by atoms with Crippen molar-refractivity contribution in [3.8, 4) is 0 Å². The third-order valence-electron chi connectivity index (χ3n) is 3.89. The van der Waals surface area contributed by atoms with E-state index < -0.39 is 0 Å². The summed E-state index contributed by atoms with van der Waals surface area (Å²) in [7, 11) is 0. The van der Waals surface area contributed by atoms with Crippen molar-refractivity contribution in [3.63, 3.8) is 0 Å². The third-order valence-corrected chi connectivity index (χ3v) is 3.89. The van der Waals surface area contributed by atoms with Gasteiger partial charge in [-0.3, -0.25) is 9.69 Å². The SMILES string of the molecule is CC(C)(C)CC(N)CC(=O)N1CCN(C(C)(C)C)CC1. The fourth-order valence-corrected chi connectivity index (χ4v) is 2.84. The Hall–Kier alpha value is -0.610. The predicted octanol–water partition coefficient (Wildman–Crippen LogP) is 2.08. The Kier molecular flexibility index (Phi) is 5.61. The summed E-state index contributed by atoms with van der Waals surface area (Å²) in [5.41, 5.74) is 6.48. The minimum absolute atomic E-state index is 0.0249. The van der Waals surface area contributed by atoms with Gasteiger partial charge in [-0.05, 0) is 32.6 Å². The second kappa shape index (κ2) is 6.44. The fourth-order valence-electron chi connectivity index (χ4n) is 2.84. The number of carbonyl (C=O) groups excluding carboxylic acids is 1. The zero-order valence-electron chi connectivity index (χ0n) is 14.2. The quantitative estimate of drug-likeness (QED) is 0.863. The number of rotatable bonds is 3. The average Bonchev–Trinajstić information content (AvgIpc) is 2.25. The smallest absolute Gasteiger partial charge is 0.224 e. The zero-order chi connectivity index (χ0) is 15.6. The van der Waals surface area contributed by atoms with Gasteiger partial charge in [0.2, 0.25) is 5.91 Å². The van der Waals surface area contributed by atoms with Crippen LogP contribution in [-0.2, 0) is 4.79 Å². The van der Waals surface area contributed by atoms with E-state index in [1.807, 2.05) is 4.90 Å². The molecule has 0 aromatic rings. The molecule has 0 saturated carbocycles. The maximum absolute atomic E-state index is 12.3. The highest BCUT2D eigenvalue weighted by Crippen LogP contribution is 2.22. The van der Waals surface area contributed by atoms with Crippen LogP contribution in [0.3, 0.4) is 0 Å². The lowest BCUT2D eigenvalue weighted by Crippen LogP contribution is -2.55. The number of nitrogens with two attached hydrogens (primary N) is 1. The van der Waals surface area contributed by atoms with Crippen LogP contribution in [0.4, 0.5) is 0 Å². The lowest BCUT2D eigenvalue weighted by molar-refractivity contribution is -0.134. The lowest BCUT2D eigenvalue weighted by atomic mass is 9.87. The van der Waals surface area contributed by atoms with Gasteiger partial charge in [0.05, 0.1) is 0 Å². The molecule has 2 N–H and O–H groups in total. The minimum Gasteiger partial charge on any atom is -0.340 e. The first kappa shape index (κ1) is 17.4. The Morgan fingerprint density at radius 2 is 1.55 bits per heavy atom. The molecule has 118 valence electrons. The molecule has 4 nitrogen and oxygen atoms in total. The van der Waals surface area contributed by atoms with Crippen LogP contribution in [-0.4, -0.2) is 53.5 Å². The second-order valence-corrected chi connectivity index (χ2v) is 8.27. The number of amides is 1. The highest BCUT2D eigenvalue weighted by molar-refractivity contribution is 5.76. The standard InChI is InChI=1S/C16H33N3O/c1-15(2,3)12-13(17)11-14(20)18-7-9-19(10-8-18)16(4,5)6/h13H,7-12,17H2,1-6H3. The number of piperazine rings is 1. The van der Waals surface area contributed by atoms with Gasteiger partial charge in [-0.1, -0.05) is 20.8 Å². The number of nitrogens with zero attached hydrogens (tertiary/aromatic N) is 2. The van der Waals surface area contributed by atoms with Crippen LogP contribution < -0.4 is 5.73 Å². The first-order valence-corrected chi connectivity index (χ1v) is 7.77. The van der Waals surface area contributed by atoms with Gasteiger partial charge in [0, 0.05) is 44.2 Å². The van der Waals surface area contributed by atoms with Gasteiger partial charge >= 0.3 is 0 Å². The van der Waals surface area contributed by atoms with Crippen molar-refractivity contribution in [3.05, 3.63) is 0 Å². The van der Waals surface area contributed by atoms with Crippen molar-refractivity contribution in [2.75, 3.05) is 26.2 Å². The second-order valence-electron chi connectivity index (χ2n) is 8.27. The average molecular weight is 283 g/mol. The molecule has 1 rings (SSSR count). The van der Waals surface area contributed by atoms with E-state index in [2.05, 4.69) is 46.4 Å². The van der Waals surface area contributed by atoms with Gasteiger partial charge in [0.15, 0.2) is 0 Å². The van der Waals surface area contributed by atoms with Gasteiger partial charge in [-0.25, -0.2) is 0 Å². The van der Waals surface area contributed by atoms with Crippen molar-refractivity contribution in [1.82, 2.24) is 9.80 Å². The highest BCUT2D eigenvalue weighted by Gasteiger charge is 2.28. The molecule has 0 aliphatic carbocycles. The van der Waals surface area contributed by atoms with E-state index in [0.29, 0.717) is 6.42 Å². The molecule has 0 spiro atoms. The monoisotopic (exact) mass is 283 g/mol. The summed E-state index contributed by atoms with van der Waals surface area (Å²) in [5.74, 6) is 0.218. The molecule has 1 atom stereocenters. The van der Waals surface area contributed by atoms with Crippen molar-refractivity contribution >= 4 is 5.91 Å². The number of hydrogen-bond donors (Lipinski definition) is 1. The third kappa shape index (κ3) is 5.80. The van der Waals surface area contributed by atoms with Crippen LogP contribution in [0.15, 0.2) is 0 Å². The molecule has 4 heteroatoms. The summed E-state index contributed by atoms with van der Waals surface area (Å²) >= 11 is 0. The Bertz CT molecular complexity index is 320. The normalized spacial score (nSPS) is 20.1. The van der Waals surface area contributed by atoms with Crippen molar-refractivity contribution < 1.29 is 4.79 Å². The number of carbonyl (C=O) groups is 1. The molecule has 20 heavy (non-hydrogen) atoms. The van der Waals surface area contributed by atoms with Crippen LogP contribution in [0.2, 0.25) is 0 Å². The van der Waals surface area contributed by atoms with Crippen LogP contribution in [0.25, 0.3) is 0 Å². The minimum atomic E-state index is -0.0249. The van der Waals surface area contributed by atoms with E-state index in [4.69, 9.17) is 5.73 Å². The molecule has 0 aromatic carbocycles. The molecule has 1 saturated heterocycles. The molecule has 1 aliphatic rings. The first-order chi connectivity index (χ1) is 8.99. The molecular formula is C16H33N3O. The van der Waals surface area contributed by atoms with Gasteiger partial charge in [0.1, 0.15) is 0 Å². The van der Waals surface area contributed by atoms with E-state index in [9.17, 15) is 4.79 Å². The molecule has 0 bridgehead atoms. The zero-order valence-corrected chi connectivity index (χ0v) is 14.2. The topological polar surface area (TPSA) is 49.6 Å². The fraction of sp³-hybridized carbons (Fsp3) is 0.938. The van der Waals surface area contributed by atoms with Gasteiger partial charge in [0.25, 0.3) is 0 Å². The summed E-state index contributed by atoms with van der Waals surface area (Å²) in [4.78, 5) is 16.7. The maximum atomic E-state index is 12.3. The molecule has 0 radical (unpaired) electrons. The summed E-state index contributed by atoms with van der Waals surface area (Å²) in [6.07, 6.45) is 1.37. The van der Waals surface area contributed by atoms with E-state index in [0.717, 1.165) is 32.6 Å². The lowest BCUT2D eigenvalue weighted by Gasteiger charge is -2.42. The molecule has 1 heterocycles. The van der Waals surface area contributed by atoms with E-state index in [1.54, 1.807) is 0 Å². The summed E-state index contributed by atoms with van der Waals surface area (Å²) in [6.45, 7) is 16.8. The molecule has 1 amide bonds. The maximum Gasteiger partial charge on any atom is 0.224 e. The van der Waals surface area contributed by atoms with Gasteiger partial charge in [-0.15, -0.1) is 0 Å². The van der Waals surface area contributed by atoms with Crippen LogP contribution in [0, 0.1) is 5.41 Å².